The molecule has 134 valence electrons. The highest BCUT2D eigenvalue weighted by Crippen LogP contribution is 2.31. The lowest BCUT2D eigenvalue weighted by molar-refractivity contribution is 0.297. The van der Waals surface area contributed by atoms with Gasteiger partial charge in [0.25, 0.3) is 0 Å². The van der Waals surface area contributed by atoms with Crippen LogP contribution in [0, 0.1) is 13.8 Å². The molecule has 0 fully saturated rings. The van der Waals surface area contributed by atoms with Crippen LogP contribution in [-0.4, -0.2) is 0 Å². The first kappa shape index (κ1) is 17.1. The predicted octanol–water partition coefficient (Wildman–Crippen LogP) is 5.66. The number of rotatable bonds is 4. The fourth-order valence-electron chi connectivity index (χ4n) is 3.12. The first-order valence-corrected chi connectivity index (χ1v) is 8.93. The molecular weight excluding hydrogens is 336 g/mol. The molecule has 0 amide bonds. The molecule has 0 aliphatic heterocycles. The van der Waals surface area contributed by atoms with Crippen molar-refractivity contribution in [3.8, 4) is 17.1 Å². The second-order valence-corrected chi connectivity index (χ2v) is 6.67. The second kappa shape index (κ2) is 7.12. The van der Waals surface area contributed by atoms with Crippen LogP contribution in [0.25, 0.3) is 22.3 Å². The molecule has 0 unspecified atom stereocenters. The van der Waals surface area contributed by atoms with Crippen LogP contribution < -0.4 is 10.2 Å². The molecule has 0 N–H and O–H groups in total. The molecule has 0 aliphatic carbocycles. The van der Waals surface area contributed by atoms with Crippen molar-refractivity contribution in [1.82, 2.24) is 0 Å². The van der Waals surface area contributed by atoms with Crippen molar-refractivity contribution in [3.05, 3.63) is 99.7 Å². The zero-order chi connectivity index (χ0) is 18.8. The molecule has 0 atom stereocenters. The summed E-state index contributed by atoms with van der Waals surface area (Å²) in [4.78, 5) is 13.2. The van der Waals surface area contributed by atoms with Crippen LogP contribution in [0.5, 0.6) is 5.75 Å². The molecule has 1 aromatic heterocycles. The van der Waals surface area contributed by atoms with E-state index in [1.165, 1.54) is 0 Å². The molecule has 3 aromatic carbocycles. The highest BCUT2D eigenvalue weighted by Gasteiger charge is 2.18. The lowest BCUT2D eigenvalue weighted by atomic mass is 10.1. The lowest BCUT2D eigenvalue weighted by Crippen LogP contribution is -2.11. The van der Waals surface area contributed by atoms with Crippen LogP contribution >= 0.6 is 0 Å². The van der Waals surface area contributed by atoms with Gasteiger partial charge in [-0.1, -0.05) is 66.2 Å². The zero-order valence-corrected chi connectivity index (χ0v) is 15.4. The van der Waals surface area contributed by atoms with Crippen LogP contribution in [0.15, 0.2) is 82.0 Å². The number of hydrogen-bond acceptors (Lipinski definition) is 3. The summed E-state index contributed by atoms with van der Waals surface area (Å²) in [6.07, 6.45) is 0. The Morgan fingerprint density at radius 1 is 0.889 bits per heavy atom. The van der Waals surface area contributed by atoms with Gasteiger partial charge in [0.15, 0.2) is 5.76 Å². The molecule has 0 aliphatic rings. The number of hydrogen-bond donors (Lipinski definition) is 0. The summed E-state index contributed by atoms with van der Waals surface area (Å²) in [6.45, 7) is 4.30. The van der Waals surface area contributed by atoms with E-state index in [9.17, 15) is 4.79 Å². The third kappa shape index (κ3) is 3.36. The van der Waals surface area contributed by atoms with E-state index in [0.29, 0.717) is 23.3 Å². The quantitative estimate of drug-likeness (QED) is 0.474. The smallest absolute Gasteiger partial charge is 0.235 e. The Morgan fingerprint density at radius 2 is 1.63 bits per heavy atom. The van der Waals surface area contributed by atoms with E-state index >= 15 is 0 Å². The normalized spacial score (nSPS) is 10.9. The maximum atomic E-state index is 13.2. The van der Waals surface area contributed by atoms with Gasteiger partial charge < -0.3 is 9.15 Å². The van der Waals surface area contributed by atoms with Crippen molar-refractivity contribution in [2.45, 2.75) is 20.5 Å². The molecule has 0 saturated carbocycles. The molecule has 4 rings (SSSR count). The third-order valence-electron chi connectivity index (χ3n) is 4.67. The van der Waals surface area contributed by atoms with Gasteiger partial charge in [-0.15, -0.1) is 0 Å². The summed E-state index contributed by atoms with van der Waals surface area (Å²) in [5.74, 6) is 0.716. The third-order valence-corrected chi connectivity index (χ3v) is 4.67. The summed E-state index contributed by atoms with van der Waals surface area (Å²) in [6, 6.07) is 23.2. The standard InChI is InChI=1S/C24H20O3/c1-16-12-13-21-20(14-16)22(25)24(23(27-21)18-9-4-3-5-10-18)26-15-19-11-7-6-8-17(19)2/h3-14H,15H2,1-2H3. The van der Waals surface area contributed by atoms with E-state index in [1.54, 1.807) is 0 Å². The van der Waals surface area contributed by atoms with E-state index < -0.39 is 0 Å². The van der Waals surface area contributed by atoms with Gasteiger partial charge in [-0.25, -0.2) is 0 Å². The van der Waals surface area contributed by atoms with Crippen molar-refractivity contribution in [2.24, 2.45) is 0 Å². The van der Waals surface area contributed by atoms with Gasteiger partial charge in [0.2, 0.25) is 11.2 Å². The Morgan fingerprint density at radius 3 is 2.41 bits per heavy atom. The maximum absolute atomic E-state index is 13.2. The van der Waals surface area contributed by atoms with E-state index in [1.807, 2.05) is 86.6 Å². The monoisotopic (exact) mass is 356 g/mol. The Labute approximate surface area is 157 Å². The maximum Gasteiger partial charge on any atom is 0.235 e. The Kier molecular flexibility index (Phi) is 4.51. The van der Waals surface area contributed by atoms with Crippen molar-refractivity contribution < 1.29 is 9.15 Å². The van der Waals surface area contributed by atoms with Crippen LogP contribution in [0.2, 0.25) is 0 Å². The molecule has 3 nitrogen and oxygen atoms in total. The number of fused-ring (bicyclic) bond motifs is 1. The van der Waals surface area contributed by atoms with Gasteiger partial charge in [-0.2, -0.15) is 0 Å². The van der Waals surface area contributed by atoms with Crippen LogP contribution in [0.3, 0.4) is 0 Å². The molecular formula is C24H20O3. The van der Waals surface area contributed by atoms with Gasteiger partial charge in [0.05, 0.1) is 5.39 Å². The van der Waals surface area contributed by atoms with E-state index in [2.05, 4.69) is 0 Å². The number of aryl methyl sites for hydroxylation is 2. The molecule has 1 heterocycles. The number of benzene rings is 3. The van der Waals surface area contributed by atoms with Crippen LogP contribution in [-0.2, 0) is 6.61 Å². The van der Waals surface area contributed by atoms with E-state index in [-0.39, 0.29) is 11.2 Å². The topological polar surface area (TPSA) is 39.4 Å². The molecule has 3 heteroatoms. The largest absolute Gasteiger partial charge is 0.481 e. The van der Waals surface area contributed by atoms with Crippen molar-refractivity contribution >= 4 is 11.0 Å². The Hall–Kier alpha value is -3.33. The lowest BCUT2D eigenvalue weighted by Gasteiger charge is -2.13. The first-order valence-electron chi connectivity index (χ1n) is 8.93. The fourth-order valence-corrected chi connectivity index (χ4v) is 3.12. The molecule has 0 spiro atoms. The Balaban J connectivity index is 1.87. The van der Waals surface area contributed by atoms with Crippen molar-refractivity contribution in [3.63, 3.8) is 0 Å². The molecule has 0 saturated heterocycles. The second-order valence-electron chi connectivity index (χ2n) is 6.67. The summed E-state index contributed by atoms with van der Waals surface area (Å²) in [7, 11) is 0. The number of ether oxygens (including phenoxy) is 1. The van der Waals surface area contributed by atoms with Gasteiger partial charge in [0.1, 0.15) is 12.2 Å². The Bertz CT molecular complexity index is 1160. The molecule has 0 radical (unpaired) electrons. The highest BCUT2D eigenvalue weighted by molar-refractivity contribution is 5.82. The van der Waals surface area contributed by atoms with E-state index in [0.717, 1.165) is 22.3 Å². The van der Waals surface area contributed by atoms with Crippen molar-refractivity contribution in [1.29, 1.82) is 0 Å². The molecule has 0 bridgehead atoms. The average molecular weight is 356 g/mol. The fraction of sp³-hybridized carbons (Fsp3) is 0.125. The highest BCUT2D eigenvalue weighted by atomic mass is 16.5. The summed E-state index contributed by atoms with van der Waals surface area (Å²) < 4.78 is 12.1. The van der Waals surface area contributed by atoms with Crippen LogP contribution in [0.1, 0.15) is 16.7 Å². The summed E-state index contributed by atoms with van der Waals surface area (Å²) in [5, 5.41) is 0.537. The van der Waals surface area contributed by atoms with Gasteiger partial charge >= 0.3 is 0 Å². The van der Waals surface area contributed by atoms with Gasteiger partial charge in [0, 0.05) is 5.56 Å². The molecule has 4 aromatic rings. The average Bonchev–Trinajstić information content (AvgIpc) is 2.69. The van der Waals surface area contributed by atoms with E-state index in [4.69, 9.17) is 9.15 Å². The minimum atomic E-state index is -0.146. The van der Waals surface area contributed by atoms with Crippen molar-refractivity contribution in [2.75, 3.05) is 0 Å². The minimum absolute atomic E-state index is 0.146. The minimum Gasteiger partial charge on any atom is -0.481 e. The summed E-state index contributed by atoms with van der Waals surface area (Å²) in [5.41, 5.74) is 4.41. The summed E-state index contributed by atoms with van der Waals surface area (Å²) >= 11 is 0. The zero-order valence-electron chi connectivity index (χ0n) is 15.4. The predicted molar refractivity (Wildman–Crippen MR) is 108 cm³/mol. The van der Waals surface area contributed by atoms with Gasteiger partial charge in [-0.3, -0.25) is 4.79 Å². The molecule has 27 heavy (non-hydrogen) atoms. The van der Waals surface area contributed by atoms with Gasteiger partial charge in [-0.05, 0) is 37.1 Å². The first-order chi connectivity index (χ1) is 13.1. The SMILES string of the molecule is Cc1ccc2oc(-c3ccccc3)c(OCc3ccccc3C)c(=O)c2c1. The van der Waals surface area contributed by atoms with Crippen LogP contribution in [0.4, 0.5) is 0 Å².